The van der Waals surface area contributed by atoms with Crippen LogP contribution in [0.1, 0.15) is 26.7 Å². The molecule has 0 N–H and O–H groups in total. The van der Waals surface area contributed by atoms with Gasteiger partial charge in [-0.1, -0.05) is 20.3 Å². The Morgan fingerprint density at radius 3 is 2.42 bits per heavy atom. The molecule has 1 saturated heterocycles. The summed E-state index contributed by atoms with van der Waals surface area (Å²) < 4.78 is 10.8. The van der Waals surface area contributed by atoms with E-state index in [1.54, 1.807) is 0 Å². The molecule has 0 radical (unpaired) electrons. The molecule has 0 atom stereocenters. The minimum Gasteiger partial charge on any atom is -0.337 e. The second kappa shape index (κ2) is 5.51. The van der Waals surface area contributed by atoms with E-state index < -0.39 is 0 Å². The Hall–Kier alpha value is -0.120. The van der Waals surface area contributed by atoms with Gasteiger partial charge in [0.2, 0.25) is 6.41 Å². The monoisotopic (exact) mass is 173 g/mol. The van der Waals surface area contributed by atoms with Gasteiger partial charge in [-0.15, -0.1) is 0 Å². The van der Waals surface area contributed by atoms with Crippen LogP contribution in [0.3, 0.4) is 0 Å². The van der Waals surface area contributed by atoms with Crippen LogP contribution in [0.15, 0.2) is 0 Å². The third kappa shape index (κ3) is 2.73. The fourth-order valence-electron chi connectivity index (χ4n) is 1.33. The summed E-state index contributed by atoms with van der Waals surface area (Å²) in [5.41, 5.74) is 0. The standard InChI is InChI=1S/C9H19NO2/c1-3-5-6-10(4-2)9-11-7-8-12-9/h9H,3-8H2,1-2H3. The molecule has 1 aliphatic rings. The lowest BCUT2D eigenvalue weighted by atomic mass is 10.3. The molecule has 0 unspecified atom stereocenters. The maximum absolute atomic E-state index is 5.41. The fourth-order valence-corrected chi connectivity index (χ4v) is 1.33. The summed E-state index contributed by atoms with van der Waals surface area (Å²) in [5.74, 6) is 0. The summed E-state index contributed by atoms with van der Waals surface area (Å²) in [4.78, 5) is 2.23. The van der Waals surface area contributed by atoms with Crippen molar-refractivity contribution < 1.29 is 9.47 Å². The summed E-state index contributed by atoms with van der Waals surface area (Å²) in [7, 11) is 0. The Labute approximate surface area is 74.6 Å². The van der Waals surface area contributed by atoms with Gasteiger partial charge in [-0.3, -0.25) is 4.90 Å². The summed E-state index contributed by atoms with van der Waals surface area (Å²) in [6.07, 6.45) is 2.38. The molecule has 1 aliphatic heterocycles. The van der Waals surface area contributed by atoms with E-state index in [0.29, 0.717) is 0 Å². The first-order chi connectivity index (χ1) is 5.88. The van der Waals surface area contributed by atoms with Crippen LogP contribution in [-0.4, -0.2) is 37.6 Å². The normalized spacial score (nSPS) is 19.2. The van der Waals surface area contributed by atoms with Crippen LogP contribution in [-0.2, 0) is 9.47 Å². The second-order valence-corrected chi connectivity index (χ2v) is 3.03. The maximum atomic E-state index is 5.41. The fraction of sp³-hybridized carbons (Fsp3) is 1.00. The lowest BCUT2D eigenvalue weighted by Gasteiger charge is -2.24. The van der Waals surface area contributed by atoms with Crippen molar-refractivity contribution in [1.29, 1.82) is 0 Å². The van der Waals surface area contributed by atoms with E-state index in [2.05, 4.69) is 18.7 Å². The van der Waals surface area contributed by atoms with Crippen LogP contribution in [0.2, 0.25) is 0 Å². The van der Waals surface area contributed by atoms with Gasteiger partial charge < -0.3 is 9.47 Å². The molecule has 1 heterocycles. The van der Waals surface area contributed by atoms with E-state index in [9.17, 15) is 0 Å². The van der Waals surface area contributed by atoms with Crippen LogP contribution in [0.25, 0.3) is 0 Å². The average molecular weight is 173 g/mol. The largest absolute Gasteiger partial charge is 0.337 e. The van der Waals surface area contributed by atoms with Crippen LogP contribution < -0.4 is 0 Å². The van der Waals surface area contributed by atoms with Crippen molar-refractivity contribution in [2.45, 2.75) is 33.1 Å². The van der Waals surface area contributed by atoms with Gasteiger partial charge in [-0.25, -0.2) is 0 Å². The van der Waals surface area contributed by atoms with Gasteiger partial charge in [-0.2, -0.15) is 0 Å². The molecule has 0 spiro atoms. The van der Waals surface area contributed by atoms with Gasteiger partial charge in [0.25, 0.3) is 0 Å². The second-order valence-electron chi connectivity index (χ2n) is 3.03. The predicted molar refractivity (Wildman–Crippen MR) is 47.8 cm³/mol. The molecule has 0 aliphatic carbocycles. The lowest BCUT2D eigenvalue weighted by molar-refractivity contribution is -0.150. The van der Waals surface area contributed by atoms with Crippen molar-refractivity contribution in [3.63, 3.8) is 0 Å². The smallest absolute Gasteiger partial charge is 0.218 e. The van der Waals surface area contributed by atoms with Gasteiger partial charge in [0.05, 0.1) is 13.2 Å². The van der Waals surface area contributed by atoms with Gasteiger partial charge in [0.15, 0.2) is 0 Å². The van der Waals surface area contributed by atoms with Crippen molar-refractivity contribution >= 4 is 0 Å². The molecule has 12 heavy (non-hydrogen) atoms. The Morgan fingerprint density at radius 2 is 1.92 bits per heavy atom. The Morgan fingerprint density at radius 1 is 1.25 bits per heavy atom. The summed E-state index contributed by atoms with van der Waals surface area (Å²) in [6.45, 7) is 7.91. The topological polar surface area (TPSA) is 21.7 Å². The van der Waals surface area contributed by atoms with Gasteiger partial charge in [0.1, 0.15) is 0 Å². The summed E-state index contributed by atoms with van der Waals surface area (Å²) in [5, 5.41) is 0. The Kier molecular flexibility index (Phi) is 4.58. The Bertz CT molecular complexity index is 113. The highest BCUT2D eigenvalue weighted by Crippen LogP contribution is 2.10. The van der Waals surface area contributed by atoms with E-state index in [1.165, 1.54) is 12.8 Å². The minimum absolute atomic E-state index is 0.0680. The van der Waals surface area contributed by atoms with Crippen molar-refractivity contribution in [1.82, 2.24) is 4.90 Å². The zero-order chi connectivity index (χ0) is 8.81. The number of hydrogen-bond acceptors (Lipinski definition) is 3. The van der Waals surface area contributed by atoms with Crippen LogP contribution >= 0.6 is 0 Å². The van der Waals surface area contributed by atoms with E-state index in [4.69, 9.17) is 9.47 Å². The molecule has 0 aromatic carbocycles. The molecule has 0 saturated carbocycles. The van der Waals surface area contributed by atoms with Crippen LogP contribution in [0.5, 0.6) is 0 Å². The van der Waals surface area contributed by atoms with Gasteiger partial charge >= 0.3 is 0 Å². The first-order valence-corrected chi connectivity index (χ1v) is 4.85. The van der Waals surface area contributed by atoms with Crippen molar-refractivity contribution in [3.05, 3.63) is 0 Å². The molecule has 0 aromatic rings. The highest BCUT2D eigenvalue weighted by molar-refractivity contribution is 4.57. The predicted octanol–water partition coefficient (Wildman–Crippen LogP) is 1.44. The number of unbranched alkanes of at least 4 members (excludes halogenated alkanes) is 1. The average Bonchev–Trinajstić information content (AvgIpc) is 2.59. The first-order valence-electron chi connectivity index (χ1n) is 4.85. The van der Waals surface area contributed by atoms with Crippen LogP contribution in [0.4, 0.5) is 0 Å². The van der Waals surface area contributed by atoms with Crippen molar-refractivity contribution in [2.24, 2.45) is 0 Å². The maximum Gasteiger partial charge on any atom is 0.218 e. The highest BCUT2D eigenvalue weighted by atomic mass is 16.7. The molecule has 1 rings (SSSR count). The molecular weight excluding hydrogens is 154 g/mol. The van der Waals surface area contributed by atoms with E-state index in [1.807, 2.05) is 0 Å². The minimum atomic E-state index is -0.0680. The van der Waals surface area contributed by atoms with Crippen molar-refractivity contribution in [3.8, 4) is 0 Å². The third-order valence-electron chi connectivity index (χ3n) is 2.11. The molecule has 1 fully saturated rings. The number of hydrogen-bond donors (Lipinski definition) is 0. The van der Waals surface area contributed by atoms with E-state index in [-0.39, 0.29) is 6.41 Å². The number of ether oxygens (including phenoxy) is 2. The molecule has 72 valence electrons. The molecular formula is C9H19NO2. The summed E-state index contributed by atoms with van der Waals surface area (Å²) >= 11 is 0. The summed E-state index contributed by atoms with van der Waals surface area (Å²) in [6, 6.07) is 0. The van der Waals surface area contributed by atoms with E-state index >= 15 is 0 Å². The van der Waals surface area contributed by atoms with Gasteiger partial charge in [0, 0.05) is 6.54 Å². The lowest BCUT2D eigenvalue weighted by Crippen LogP contribution is -2.36. The SMILES string of the molecule is CCCCN(CC)C1OCCO1. The Balaban J connectivity index is 2.22. The third-order valence-corrected chi connectivity index (χ3v) is 2.11. The molecule has 0 bridgehead atoms. The number of rotatable bonds is 5. The molecule has 3 heteroatoms. The highest BCUT2D eigenvalue weighted by Gasteiger charge is 2.21. The molecule has 0 amide bonds. The van der Waals surface area contributed by atoms with Crippen LogP contribution in [0, 0.1) is 0 Å². The van der Waals surface area contributed by atoms with E-state index in [0.717, 1.165) is 26.3 Å². The molecule has 0 aromatic heterocycles. The van der Waals surface area contributed by atoms with Gasteiger partial charge in [-0.05, 0) is 13.0 Å². The zero-order valence-corrected chi connectivity index (χ0v) is 8.08. The quantitative estimate of drug-likeness (QED) is 0.628. The van der Waals surface area contributed by atoms with Crippen molar-refractivity contribution in [2.75, 3.05) is 26.3 Å². The number of nitrogens with zero attached hydrogens (tertiary/aromatic N) is 1. The molecule has 3 nitrogen and oxygen atoms in total. The zero-order valence-electron chi connectivity index (χ0n) is 8.08. The first kappa shape index (κ1) is 9.96.